The van der Waals surface area contributed by atoms with Crippen LogP contribution < -0.4 is 21.4 Å². The van der Waals surface area contributed by atoms with Gasteiger partial charge in [-0.15, -0.1) is 0 Å². The molecular formula is C17H21F3N8O. The monoisotopic (exact) mass is 410 g/mol. The molecule has 4 heterocycles. The minimum atomic E-state index is -2.81. The third-order valence-electron chi connectivity index (χ3n) is 4.85. The van der Waals surface area contributed by atoms with E-state index < -0.39 is 30.2 Å². The lowest BCUT2D eigenvalue weighted by Gasteiger charge is -2.29. The lowest BCUT2D eigenvalue weighted by Crippen LogP contribution is -2.52. The molecule has 4 N–H and O–H groups in total. The van der Waals surface area contributed by atoms with Crippen LogP contribution >= 0.6 is 0 Å². The first-order valence-electron chi connectivity index (χ1n) is 9.19. The maximum Gasteiger partial charge on any atom is 0.284 e. The van der Waals surface area contributed by atoms with E-state index in [0.29, 0.717) is 31.2 Å². The molecule has 1 saturated heterocycles. The van der Waals surface area contributed by atoms with Crippen LogP contribution in [0, 0.1) is 0 Å². The van der Waals surface area contributed by atoms with E-state index in [1.807, 2.05) is 0 Å². The zero-order valence-corrected chi connectivity index (χ0v) is 15.6. The molecule has 4 rings (SSSR count). The van der Waals surface area contributed by atoms with Crippen molar-refractivity contribution in [2.24, 2.45) is 12.0 Å². The number of alkyl halides is 3. The number of aliphatic imine (C=N–C) groups is 1. The number of hydrogen-bond donors (Lipinski definition) is 4. The fourth-order valence-corrected chi connectivity index (χ4v) is 3.39. The Morgan fingerprint density at radius 3 is 3.00 bits per heavy atom. The Balaban J connectivity index is 1.53. The van der Waals surface area contributed by atoms with E-state index in [0.717, 1.165) is 0 Å². The quantitative estimate of drug-likeness (QED) is 0.579. The summed E-state index contributed by atoms with van der Waals surface area (Å²) < 4.78 is 41.5. The summed E-state index contributed by atoms with van der Waals surface area (Å²) in [6.45, 7) is 1.27. The predicted octanol–water partition coefficient (Wildman–Crippen LogP) is 0.543. The molecule has 0 aromatic carbocycles. The van der Waals surface area contributed by atoms with Gasteiger partial charge in [0, 0.05) is 32.5 Å². The molecule has 0 aliphatic carbocycles. The van der Waals surface area contributed by atoms with Crippen LogP contribution in [0.2, 0.25) is 0 Å². The molecule has 12 heteroatoms. The Hall–Kier alpha value is -2.86. The van der Waals surface area contributed by atoms with Crippen LogP contribution in [0.15, 0.2) is 34.9 Å². The first kappa shape index (κ1) is 19.5. The van der Waals surface area contributed by atoms with Crippen molar-refractivity contribution in [1.82, 2.24) is 30.8 Å². The fraction of sp³-hybridized carbons (Fsp3) is 0.471. The van der Waals surface area contributed by atoms with Gasteiger partial charge in [0.05, 0.1) is 17.3 Å². The Labute approximate surface area is 164 Å². The Bertz CT molecular complexity index is 893. The maximum atomic E-state index is 14.1. The highest BCUT2D eigenvalue weighted by Gasteiger charge is 2.31. The summed E-state index contributed by atoms with van der Waals surface area (Å²) in [5, 5.41) is 13.9. The van der Waals surface area contributed by atoms with Crippen LogP contribution in [0.4, 0.5) is 18.9 Å². The first-order chi connectivity index (χ1) is 13.9. The highest BCUT2D eigenvalue weighted by atomic mass is 19.3. The second kappa shape index (κ2) is 7.87. The molecule has 29 heavy (non-hydrogen) atoms. The summed E-state index contributed by atoms with van der Waals surface area (Å²) >= 11 is 0. The van der Waals surface area contributed by atoms with Gasteiger partial charge in [0.25, 0.3) is 12.3 Å². The van der Waals surface area contributed by atoms with Gasteiger partial charge in [0.2, 0.25) is 0 Å². The number of hydrogen-bond acceptors (Lipinski definition) is 7. The van der Waals surface area contributed by atoms with Crippen molar-refractivity contribution in [2.45, 2.75) is 25.1 Å². The molecule has 3 aliphatic rings. The van der Waals surface area contributed by atoms with Crippen molar-refractivity contribution in [3.05, 3.63) is 35.6 Å². The first-order valence-corrected chi connectivity index (χ1v) is 9.19. The molecule has 0 saturated carbocycles. The van der Waals surface area contributed by atoms with Gasteiger partial charge in [0.1, 0.15) is 12.0 Å². The van der Waals surface area contributed by atoms with Gasteiger partial charge in [-0.05, 0) is 19.0 Å². The van der Waals surface area contributed by atoms with Crippen molar-refractivity contribution >= 4 is 17.4 Å². The predicted molar refractivity (Wildman–Crippen MR) is 99.5 cm³/mol. The molecule has 3 aliphatic heterocycles. The molecule has 0 spiro atoms. The largest absolute Gasteiger partial charge is 0.363 e. The molecule has 0 radical (unpaired) electrons. The van der Waals surface area contributed by atoms with E-state index in [9.17, 15) is 18.0 Å². The fourth-order valence-electron chi connectivity index (χ4n) is 3.39. The number of halogens is 3. The van der Waals surface area contributed by atoms with E-state index in [2.05, 4.69) is 31.5 Å². The number of anilines is 1. The number of aromatic nitrogens is 2. The normalized spacial score (nSPS) is 24.0. The molecule has 1 fully saturated rings. The molecule has 2 atom stereocenters. The average Bonchev–Trinajstić information content (AvgIpc) is 3.26. The van der Waals surface area contributed by atoms with Crippen LogP contribution in [-0.2, 0) is 11.8 Å². The van der Waals surface area contributed by atoms with Gasteiger partial charge in [-0.1, -0.05) is 0 Å². The third-order valence-corrected chi connectivity index (χ3v) is 4.85. The maximum absolute atomic E-state index is 14.1. The van der Waals surface area contributed by atoms with Crippen LogP contribution in [0.1, 0.15) is 18.5 Å². The van der Waals surface area contributed by atoms with Crippen LogP contribution in [0.3, 0.4) is 0 Å². The van der Waals surface area contributed by atoms with Gasteiger partial charge in [-0.3, -0.25) is 14.5 Å². The standard InChI is InChI=1S/C17H21F3N8O/c1-27-8-12(14(26-27)15(19)20)24-17(29)9-6-22-28-5-3-13(25-16(9)28)23-11-7-21-4-2-10(11)18/h3,5,8,10-11,15,21-22H,2,4,6-7H2,1H3,(H,23,25)(H,24,29). The number of fused-ring (bicyclic) bond motifs is 1. The second-order valence-electron chi connectivity index (χ2n) is 6.94. The van der Waals surface area contributed by atoms with E-state index in [-0.39, 0.29) is 17.8 Å². The number of hydrazine groups is 1. The number of rotatable bonds is 4. The second-order valence-corrected chi connectivity index (χ2v) is 6.94. The van der Waals surface area contributed by atoms with Gasteiger partial charge >= 0.3 is 0 Å². The minimum Gasteiger partial charge on any atom is -0.363 e. The number of carbonyl (C=O) groups is 1. The van der Waals surface area contributed by atoms with Gasteiger partial charge in [-0.2, -0.15) is 5.10 Å². The summed E-state index contributed by atoms with van der Waals surface area (Å²) in [6, 6.07) is -0.421. The van der Waals surface area contributed by atoms with Crippen LogP contribution in [0.25, 0.3) is 0 Å². The summed E-state index contributed by atoms with van der Waals surface area (Å²) in [6.07, 6.45) is 1.27. The number of piperidine rings is 1. The van der Waals surface area contributed by atoms with Crippen molar-refractivity contribution < 1.29 is 18.0 Å². The molecule has 1 amide bonds. The summed E-state index contributed by atoms with van der Waals surface area (Å²) in [5.41, 5.74) is 2.69. The summed E-state index contributed by atoms with van der Waals surface area (Å²) in [5.74, 6) is 0.191. The van der Waals surface area contributed by atoms with Gasteiger partial charge in [-0.25, -0.2) is 23.6 Å². The third kappa shape index (κ3) is 3.98. The molecule has 1 aromatic rings. The molecule has 1 aromatic heterocycles. The summed E-state index contributed by atoms with van der Waals surface area (Å²) in [4.78, 5) is 17.1. The number of carbonyl (C=O) groups excluding carboxylic acids is 1. The lowest BCUT2D eigenvalue weighted by molar-refractivity contribution is -0.112. The Kier molecular flexibility index (Phi) is 5.28. The van der Waals surface area contributed by atoms with E-state index in [4.69, 9.17) is 0 Å². The van der Waals surface area contributed by atoms with E-state index >= 15 is 0 Å². The smallest absolute Gasteiger partial charge is 0.284 e. The number of amides is 1. The number of nitrogens with zero attached hydrogens (tertiary/aromatic N) is 4. The summed E-state index contributed by atoms with van der Waals surface area (Å²) in [7, 11) is 1.49. The van der Waals surface area contributed by atoms with Crippen LogP contribution in [-0.4, -0.2) is 58.4 Å². The molecule has 2 unspecified atom stereocenters. The molecule has 9 nitrogen and oxygen atoms in total. The van der Waals surface area contributed by atoms with Crippen molar-refractivity contribution in [3.63, 3.8) is 0 Å². The molecular weight excluding hydrogens is 389 g/mol. The molecule has 156 valence electrons. The Morgan fingerprint density at radius 2 is 2.24 bits per heavy atom. The van der Waals surface area contributed by atoms with E-state index in [1.54, 1.807) is 17.3 Å². The minimum absolute atomic E-state index is 0.0544. The lowest BCUT2D eigenvalue weighted by atomic mass is 10.1. The van der Waals surface area contributed by atoms with E-state index in [1.165, 1.54) is 17.9 Å². The zero-order chi connectivity index (χ0) is 20.5. The Morgan fingerprint density at radius 1 is 1.41 bits per heavy atom. The SMILES string of the molecule is Cn1cc(NC(=O)C2=C3N=C(NC4CNCCC4F)C=CN3NC2)c(C(F)F)n1. The van der Waals surface area contributed by atoms with Crippen molar-refractivity contribution in [1.29, 1.82) is 0 Å². The number of amidine groups is 1. The molecule has 0 bridgehead atoms. The van der Waals surface area contributed by atoms with Crippen molar-refractivity contribution in [3.8, 4) is 0 Å². The van der Waals surface area contributed by atoms with Gasteiger partial charge in [0.15, 0.2) is 11.5 Å². The number of nitrogens with one attached hydrogen (secondary N) is 4. The highest BCUT2D eigenvalue weighted by molar-refractivity contribution is 6.06. The van der Waals surface area contributed by atoms with Crippen molar-refractivity contribution in [2.75, 3.05) is 25.0 Å². The highest BCUT2D eigenvalue weighted by Crippen LogP contribution is 2.27. The van der Waals surface area contributed by atoms with Crippen LogP contribution in [0.5, 0.6) is 0 Å². The average molecular weight is 410 g/mol. The number of aryl methyl sites for hydroxylation is 1. The van der Waals surface area contributed by atoms with Gasteiger partial charge < -0.3 is 16.0 Å². The topological polar surface area (TPSA) is 98.6 Å². The zero-order valence-electron chi connectivity index (χ0n) is 15.6.